The Kier molecular flexibility index (Phi) is 12.4. The highest BCUT2D eigenvalue weighted by molar-refractivity contribution is 6.81. The van der Waals surface area contributed by atoms with Crippen molar-refractivity contribution < 1.29 is 4.74 Å². The number of ether oxygens (including phenoxy) is 1. The second-order valence-electron chi connectivity index (χ2n) is 22.0. The third-order valence-corrected chi connectivity index (χ3v) is 21.8. The molecule has 0 radical (unpaired) electrons. The summed E-state index contributed by atoms with van der Waals surface area (Å²) in [6.45, 7) is 27.4. The van der Waals surface area contributed by atoms with Gasteiger partial charge in [0.05, 0.1) is 13.7 Å². The molecule has 0 aromatic heterocycles. The average molecular weight is 725 g/mol. The number of hydrogen-bond acceptors (Lipinski definition) is 1. The third-order valence-electron chi connectivity index (χ3n) is 15.4. The summed E-state index contributed by atoms with van der Waals surface area (Å²) in [5.41, 5.74) is 8.75. The molecule has 0 heterocycles. The first-order chi connectivity index (χ1) is 24.5. The zero-order chi connectivity index (χ0) is 37.5. The molecule has 2 aromatic carbocycles. The molecule has 0 spiro atoms. The number of unbranched alkanes of at least 4 members (excludes halogenated alkanes) is 3. The van der Waals surface area contributed by atoms with E-state index in [1.54, 1.807) is 17.2 Å². The van der Waals surface area contributed by atoms with E-state index in [9.17, 15) is 0 Å². The van der Waals surface area contributed by atoms with E-state index in [0.717, 1.165) is 59.1 Å². The molecule has 4 aliphatic rings. The summed E-state index contributed by atoms with van der Waals surface area (Å²) in [7, 11) is -1.62. The van der Waals surface area contributed by atoms with Crippen LogP contribution < -0.4 is 0 Å². The average Bonchev–Trinajstić information content (AvgIpc) is 3.68. The lowest BCUT2D eigenvalue weighted by Crippen LogP contribution is -2.48. The predicted octanol–water partition coefficient (Wildman–Crippen LogP) is 15.0. The van der Waals surface area contributed by atoms with Crippen molar-refractivity contribution in [2.45, 2.75) is 205 Å². The summed E-state index contributed by atoms with van der Waals surface area (Å²) in [5, 5.41) is 0. The Labute approximate surface area is 323 Å². The lowest BCUT2D eigenvalue weighted by molar-refractivity contribution is -0.00471. The Bertz CT molecular complexity index is 1420. The smallest absolute Gasteiger partial charge is 0.0598 e. The molecule has 4 aliphatic carbocycles. The maximum atomic E-state index is 6.12. The second kappa shape index (κ2) is 16.0. The molecule has 0 N–H and O–H groups in total. The van der Waals surface area contributed by atoms with E-state index in [1.807, 2.05) is 0 Å². The molecule has 2 aromatic rings. The Morgan fingerprint density at radius 3 is 1.63 bits per heavy atom. The highest BCUT2D eigenvalue weighted by atomic mass is 28.3. The molecule has 0 saturated heterocycles. The number of hydrogen-bond donors (Lipinski definition) is 0. The van der Waals surface area contributed by atoms with Gasteiger partial charge in [-0.15, -0.1) is 0 Å². The van der Waals surface area contributed by atoms with Crippen molar-refractivity contribution in [3.8, 4) is 0 Å². The summed E-state index contributed by atoms with van der Waals surface area (Å²) in [6.07, 6.45) is 18.7. The molecule has 52 heavy (non-hydrogen) atoms. The van der Waals surface area contributed by atoms with Gasteiger partial charge in [0, 0.05) is 6.61 Å². The van der Waals surface area contributed by atoms with Gasteiger partial charge in [0.25, 0.3) is 0 Å². The van der Waals surface area contributed by atoms with Crippen molar-refractivity contribution >= 4 is 8.07 Å². The standard InChI is InChI=1S/C50H80OSi/c1-35-34-45-41(37-24-28-39(29-25-37)49(5,6)7)19-17-21-44(45)47(35)52(11,33-15-13-12-14-32-51-50(8,9)10)46-31-30-42-40(18-16-20-43(42)46)36-22-26-38(27-23-36)48(2,3)4/h22-29,35,40-47H,12-21,30-34H2,1-11H3. The minimum atomic E-state index is -1.62. The zero-order valence-corrected chi connectivity index (χ0v) is 36.8. The Morgan fingerprint density at radius 1 is 0.577 bits per heavy atom. The normalized spacial score (nSPS) is 32.3. The van der Waals surface area contributed by atoms with Gasteiger partial charge in [-0.25, -0.2) is 0 Å². The van der Waals surface area contributed by atoms with Gasteiger partial charge in [0.1, 0.15) is 0 Å². The summed E-state index contributed by atoms with van der Waals surface area (Å²) in [6, 6.07) is 21.6. The lowest BCUT2D eigenvalue weighted by Gasteiger charge is -2.50. The van der Waals surface area contributed by atoms with Gasteiger partial charge in [-0.3, -0.25) is 0 Å². The van der Waals surface area contributed by atoms with Crippen LogP contribution in [-0.4, -0.2) is 20.3 Å². The predicted molar refractivity (Wildman–Crippen MR) is 229 cm³/mol. The zero-order valence-electron chi connectivity index (χ0n) is 35.8. The number of benzene rings is 2. The molecular formula is C50H80OSi. The van der Waals surface area contributed by atoms with Crippen molar-refractivity contribution in [1.29, 1.82) is 0 Å². The molecule has 0 aliphatic heterocycles. The largest absolute Gasteiger partial charge is 0.376 e. The van der Waals surface area contributed by atoms with Crippen LogP contribution >= 0.6 is 0 Å². The third kappa shape index (κ3) is 8.85. The van der Waals surface area contributed by atoms with Gasteiger partial charge >= 0.3 is 0 Å². The summed E-state index contributed by atoms with van der Waals surface area (Å²) >= 11 is 0. The fourth-order valence-electron chi connectivity index (χ4n) is 13.1. The second-order valence-corrected chi connectivity index (χ2v) is 26.9. The number of rotatable bonds is 11. The van der Waals surface area contributed by atoms with Crippen LogP contribution in [0.1, 0.15) is 187 Å². The highest BCUT2D eigenvalue weighted by Crippen LogP contribution is 2.67. The van der Waals surface area contributed by atoms with E-state index < -0.39 is 8.07 Å². The maximum Gasteiger partial charge on any atom is 0.0598 e. The van der Waals surface area contributed by atoms with Crippen molar-refractivity contribution in [3.05, 3.63) is 70.8 Å². The van der Waals surface area contributed by atoms with Crippen LogP contribution in [0.2, 0.25) is 23.7 Å². The van der Waals surface area contributed by atoms with Gasteiger partial charge in [-0.1, -0.05) is 161 Å². The number of fused-ring (bicyclic) bond motifs is 2. The Morgan fingerprint density at radius 2 is 1.10 bits per heavy atom. The maximum absolute atomic E-state index is 6.12. The molecule has 290 valence electrons. The van der Waals surface area contributed by atoms with Crippen molar-refractivity contribution in [1.82, 2.24) is 0 Å². The SMILES string of the molecule is CC1CC2C(c3ccc(C(C)(C)C)cc3)CCCC2C1[Si](C)(CCCCCCOC(C)(C)C)C1CCC2C(c3ccc(C(C)(C)C)cc3)CCCC21. The van der Waals surface area contributed by atoms with Crippen LogP contribution in [0.3, 0.4) is 0 Å². The minimum absolute atomic E-state index is 0.0153. The molecule has 10 atom stereocenters. The Balaban J connectivity index is 1.24. The van der Waals surface area contributed by atoms with Crippen molar-refractivity contribution in [2.24, 2.45) is 29.6 Å². The summed E-state index contributed by atoms with van der Waals surface area (Å²) < 4.78 is 6.12. The summed E-state index contributed by atoms with van der Waals surface area (Å²) in [5.74, 6) is 6.17. The first-order valence-electron chi connectivity index (χ1n) is 22.3. The van der Waals surface area contributed by atoms with Gasteiger partial charge in [-0.05, 0) is 138 Å². The van der Waals surface area contributed by atoms with Crippen LogP contribution in [0.25, 0.3) is 0 Å². The van der Waals surface area contributed by atoms with Crippen LogP contribution in [0.5, 0.6) is 0 Å². The molecule has 0 bridgehead atoms. The van der Waals surface area contributed by atoms with E-state index >= 15 is 0 Å². The quantitative estimate of drug-likeness (QED) is 0.166. The van der Waals surface area contributed by atoms with E-state index in [-0.39, 0.29) is 16.4 Å². The molecule has 4 fully saturated rings. The van der Waals surface area contributed by atoms with Gasteiger partial charge in [0.2, 0.25) is 0 Å². The van der Waals surface area contributed by atoms with E-state index in [4.69, 9.17) is 4.74 Å². The first kappa shape index (κ1) is 40.3. The molecule has 6 rings (SSSR count). The fourth-order valence-corrected chi connectivity index (χ4v) is 20.3. The van der Waals surface area contributed by atoms with Gasteiger partial charge in [0.15, 0.2) is 0 Å². The molecule has 2 heteroatoms. The van der Waals surface area contributed by atoms with Gasteiger partial charge < -0.3 is 4.74 Å². The van der Waals surface area contributed by atoms with Crippen LogP contribution in [0.15, 0.2) is 48.5 Å². The first-order valence-corrected chi connectivity index (χ1v) is 25.2. The molecule has 10 unspecified atom stereocenters. The fraction of sp³-hybridized carbons (Fsp3) is 0.760. The van der Waals surface area contributed by atoms with E-state index in [0.29, 0.717) is 0 Å². The highest BCUT2D eigenvalue weighted by Gasteiger charge is 2.59. The molecule has 4 saturated carbocycles. The molecular weight excluding hydrogens is 645 g/mol. The monoisotopic (exact) mass is 725 g/mol. The minimum Gasteiger partial charge on any atom is -0.376 e. The van der Waals surface area contributed by atoms with Crippen LogP contribution in [0, 0.1) is 29.6 Å². The topological polar surface area (TPSA) is 9.23 Å². The van der Waals surface area contributed by atoms with Gasteiger partial charge in [-0.2, -0.15) is 0 Å². The van der Waals surface area contributed by atoms with Crippen molar-refractivity contribution in [3.63, 3.8) is 0 Å². The molecule has 0 amide bonds. The van der Waals surface area contributed by atoms with Crippen molar-refractivity contribution in [2.75, 3.05) is 6.61 Å². The van der Waals surface area contributed by atoms with E-state index in [2.05, 4.69) is 124 Å². The van der Waals surface area contributed by atoms with Crippen LogP contribution in [0.4, 0.5) is 0 Å². The Hall–Kier alpha value is -1.38. The lowest BCUT2D eigenvalue weighted by atomic mass is 9.70. The summed E-state index contributed by atoms with van der Waals surface area (Å²) in [4.78, 5) is 0. The van der Waals surface area contributed by atoms with Crippen LogP contribution in [-0.2, 0) is 15.6 Å². The van der Waals surface area contributed by atoms with E-state index in [1.165, 1.54) is 94.6 Å². The molecule has 1 nitrogen and oxygen atoms in total.